The third-order valence-electron chi connectivity index (χ3n) is 5.79. The number of ether oxygens (including phenoxy) is 3. The molecule has 0 aromatic heterocycles. The van der Waals surface area contributed by atoms with Gasteiger partial charge in [-0.1, -0.05) is 19.1 Å². The molecule has 2 aliphatic heterocycles. The van der Waals surface area contributed by atoms with Gasteiger partial charge in [0, 0.05) is 18.7 Å². The van der Waals surface area contributed by atoms with Gasteiger partial charge in [-0.05, 0) is 56.4 Å². The first kappa shape index (κ1) is 23.6. The molecule has 1 amide bonds. The highest BCUT2D eigenvalue weighted by atomic mass is 16.6. The minimum Gasteiger partial charge on any atom is -0.507 e. The van der Waals surface area contributed by atoms with Crippen molar-refractivity contribution in [1.29, 1.82) is 0 Å². The SMILES string of the molecule is CCCOc1cccc(C2/C(=C(\O)c3ccc4c(c3)OCCO4)C(=O)C(=O)N2CCN(C)C)c1. The molecule has 34 heavy (non-hydrogen) atoms. The van der Waals surface area contributed by atoms with Gasteiger partial charge in [0.1, 0.15) is 24.7 Å². The van der Waals surface area contributed by atoms with Gasteiger partial charge in [-0.2, -0.15) is 0 Å². The molecule has 0 bridgehead atoms. The maximum absolute atomic E-state index is 13.2. The number of aliphatic hydroxyl groups is 1. The lowest BCUT2D eigenvalue weighted by Gasteiger charge is -2.27. The Balaban J connectivity index is 1.80. The number of nitrogens with zero attached hydrogens (tertiary/aromatic N) is 2. The Bertz CT molecular complexity index is 1110. The normalized spacial score (nSPS) is 19.1. The molecular weight excluding hydrogens is 436 g/mol. The van der Waals surface area contributed by atoms with Crippen LogP contribution in [0.2, 0.25) is 0 Å². The minimum absolute atomic E-state index is 0.0491. The van der Waals surface area contributed by atoms with Crippen LogP contribution >= 0.6 is 0 Å². The molecule has 1 unspecified atom stereocenters. The summed E-state index contributed by atoms with van der Waals surface area (Å²) in [6.45, 7) is 4.33. The molecule has 4 rings (SSSR count). The van der Waals surface area contributed by atoms with Gasteiger partial charge in [-0.15, -0.1) is 0 Å². The van der Waals surface area contributed by atoms with E-state index in [1.807, 2.05) is 50.2 Å². The van der Waals surface area contributed by atoms with Crippen molar-refractivity contribution in [1.82, 2.24) is 9.80 Å². The van der Waals surface area contributed by atoms with Gasteiger partial charge < -0.3 is 29.1 Å². The first-order valence-corrected chi connectivity index (χ1v) is 11.5. The van der Waals surface area contributed by atoms with Gasteiger partial charge in [0.05, 0.1) is 18.2 Å². The molecule has 2 heterocycles. The second-order valence-electron chi connectivity index (χ2n) is 8.58. The number of benzene rings is 2. The number of fused-ring (bicyclic) bond motifs is 1. The van der Waals surface area contributed by atoms with E-state index in [1.165, 1.54) is 4.90 Å². The fraction of sp³-hybridized carbons (Fsp3) is 0.385. The number of amides is 1. The second-order valence-corrected chi connectivity index (χ2v) is 8.58. The lowest BCUT2D eigenvalue weighted by molar-refractivity contribution is -0.140. The van der Waals surface area contributed by atoms with E-state index < -0.39 is 17.7 Å². The fourth-order valence-corrected chi connectivity index (χ4v) is 4.11. The third kappa shape index (κ3) is 4.72. The highest BCUT2D eigenvalue weighted by molar-refractivity contribution is 6.46. The molecule has 2 aromatic carbocycles. The second kappa shape index (κ2) is 10.2. The highest BCUT2D eigenvalue weighted by Crippen LogP contribution is 2.41. The van der Waals surface area contributed by atoms with Crippen molar-refractivity contribution in [3.63, 3.8) is 0 Å². The Labute approximate surface area is 199 Å². The summed E-state index contributed by atoms with van der Waals surface area (Å²) in [5.41, 5.74) is 1.14. The first-order valence-electron chi connectivity index (χ1n) is 11.5. The number of aliphatic hydroxyl groups excluding tert-OH is 1. The van der Waals surface area contributed by atoms with Crippen LogP contribution in [-0.4, -0.2) is 73.6 Å². The van der Waals surface area contributed by atoms with Crippen molar-refractivity contribution >= 4 is 17.4 Å². The number of likely N-dealkylation sites (tertiary alicyclic amines) is 1. The quantitative estimate of drug-likeness (QED) is 0.363. The van der Waals surface area contributed by atoms with E-state index in [-0.39, 0.29) is 11.3 Å². The van der Waals surface area contributed by atoms with Crippen LogP contribution < -0.4 is 14.2 Å². The number of Topliss-reactive ketones (excluding diaryl/α,β-unsaturated/α-hetero) is 1. The average Bonchev–Trinajstić information content (AvgIpc) is 3.10. The summed E-state index contributed by atoms with van der Waals surface area (Å²) >= 11 is 0. The zero-order valence-corrected chi connectivity index (χ0v) is 19.7. The molecule has 2 aromatic rings. The molecule has 1 fully saturated rings. The number of hydrogen-bond acceptors (Lipinski definition) is 7. The third-order valence-corrected chi connectivity index (χ3v) is 5.79. The first-order chi connectivity index (χ1) is 16.4. The van der Waals surface area contributed by atoms with Crippen LogP contribution in [0.3, 0.4) is 0 Å². The summed E-state index contributed by atoms with van der Waals surface area (Å²) in [5.74, 6) is 0.126. The maximum atomic E-state index is 13.2. The largest absolute Gasteiger partial charge is 0.507 e. The number of carbonyl (C=O) groups excluding carboxylic acids is 2. The Hall–Kier alpha value is -3.52. The van der Waals surface area contributed by atoms with E-state index in [2.05, 4.69) is 0 Å². The summed E-state index contributed by atoms with van der Waals surface area (Å²) in [6, 6.07) is 11.6. The van der Waals surface area contributed by atoms with Crippen molar-refractivity contribution in [2.45, 2.75) is 19.4 Å². The minimum atomic E-state index is -0.738. The van der Waals surface area contributed by atoms with Crippen molar-refractivity contribution in [2.75, 3.05) is 47.0 Å². The van der Waals surface area contributed by atoms with Gasteiger partial charge in [0.2, 0.25) is 0 Å². The molecule has 180 valence electrons. The van der Waals surface area contributed by atoms with E-state index in [1.54, 1.807) is 18.2 Å². The van der Waals surface area contributed by atoms with Crippen LogP contribution in [0.25, 0.3) is 5.76 Å². The van der Waals surface area contributed by atoms with Crippen molar-refractivity contribution in [3.8, 4) is 17.2 Å². The van der Waals surface area contributed by atoms with Crippen LogP contribution in [0.4, 0.5) is 0 Å². The molecule has 0 aliphatic carbocycles. The van der Waals surface area contributed by atoms with Gasteiger partial charge in [-0.3, -0.25) is 9.59 Å². The molecule has 0 saturated carbocycles. The topological polar surface area (TPSA) is 88.5 Å². The van der Waals surface area contributed by atoms with E-state index in [4.69, 9.17) is 14.2 Å². The molecule has 8 heteroatoms. The number of hydrogen-bond donors (Lipinski definition) is 1. The number of likely N-dealkylation sites (N-methyl/N-ethyl adjacent to an activating group) is 1. The molecule has 1 atom stereocenters. The number of rotatable bonds is 8. The van der Waals surface area contributed by atoms with Crippen LogP contribution in [0.15, 0.2) is 48.0 Å². The number of carbonyl (C=O) groups is 2. The lowest BCUT2D eigenvalue weighted by Crippen LogP contribution is -2.35. The Morgan fingerprint density at radius 2 is 1.88 bits per heavy atom. The molecular formula is C26H30N2O6. The zero-order chi connectivity index (χ0) is 24.2. The average molecular weight is 467 g/mol. The van der Waals surface area contributed by atoms with Gasteiger partial charge in [0.25, 0.3) is 11.7 Å². The van der Waals surface area contributed by atoms with E-state index in [0.717, 1.165) is 6.42 Å². The van der Waals surface area contributed by atoms with Gasteiger partial charge in [-0.25, -0.2) is 0 Å². The molecule has 1 N–H and O–H groups in total. The Kier molecular flexibility index (Phi) is 7.07. The summed E-state index contributed by atoms with van der Waals surface area (Å²) in [6.07, 6.45) is 0.857. The predicted molar refractivity (Wildman–Crippen MR) is 127 cm³/mol. The lowest BCUT2D eigenvalue weighted by atomic mass is 9.95. The maximum Gasteiger partial charge on any atom is 0.295 e. The smallest absolute Gasteiger partial charge is 0.295 e. The predicted octanol–water partition coefficient (Wildman–Crippen LogP) is 3.23. The Morgan fingerprint density at radius 1 is 1.12 bits per heavy atom. The molecule has 2 aliphatic rings. The van der Waals surface area contributed by atoms with E-state index >= 15 is 0 Å². The van der Waals surface area contributed by atoms with E-state index in [9.17, 15) is 14.7 Å². The van der Waals surface area contributed by atoms with E-state index in [0.29, 0.717) is 61.3 Å². The highest BCUT2D eigenvalue weighted by Gasteiger charge is 2.46. The summed E-state index contributed by atoms with van der Waals surface area (Å²) in [4.78, 5) is 29.7. The van der Waals surface area contributed by atoms with Crippen LogP contribution in [0.1, 0.15) is 30.5 Å². The summed E-state index contributed by atoms with van der Waals surface area (Å²) < 4.78 is 17.0. The van der Waals surface area contributed by atoms with Crippen molar-refractivity contribution in [2.24, 2.45) is 0 Å². The zero-order valence-electron chi connectivity index (χ0n) is 19.7. The van der Waals surface area contributed by atoms with Crippen molar-refractivity contribution < 1.29 is 28.9 Å². The monoisotopic (exact) mass is 466 g/mol. The molecule has 1 saturated heterocycles. The van der Waals surface area contributed by atoms with Crippen molar-refractivity contribution in [3.05, 3.63) is 59.2 Å². The van der Waals surface area contributed by atoms with Gasteiger partial charge >= 0.3 is 0 Å². The molecule has 0 radical (unpaired) electrons. The van der Waals surface area contributed by atoms with Gasteiger partial charge in [0.15, 0.2) is 11.5 Å². The molecule has 0 spiro atoms. The summed E-state index contributed by atoms with van der Waals surface area (Å²) in [5, 5.41) is 11.3. The summed E-state index contributed by atoms with van der Waals surface area (Å²) in [7, 11) is 3.81. The van der Waals surface area contributed by atoms with Crippen LogP contribution in [0.5, 0.6) is 17.2 Å². The van der Waals surface area contributed by atoms with Crippen LogP contribution in [0, 0.1) is 0 Å². The Morgan fingerprint density at radius 3 is 2.62 bits per heavy atom. The molecule has 8 nitrogen and oxygen atoms in total. The number of ketones is 1. The standard InChI is InChI=1S/C26H30N2O6/c1-4-12-32-19-7-5-6-17(15-19)23-22(25(30)26(31)28(23)11-10-27(2)3)24(29)18-8-9-20-21(16-18)34-14-13-33-20/h5-9,15-16,23,29H,4,10-14H2,1-3H3/b24-22+. The fourth-order valence-electron chi connectivity index (χ4n) is 4.11. The van der Waals surface area contributed by atoms with Crippen LogP contribution in [-0.2, 0) is 9.59 Å².